The molecule has 0 N–H and O–H groups in total. The lowest BCUT2D eigenvalue weighted by atomic mass is 10.2. The van der Waals surface area contributed by atoms with Crippen molar-refractivity contribution in [3.05, 3.63) is 60.7 Å². The van der Waals surface area contributed by atoms with Crippen LogP contribution in [-0.4, -0.2) is 20.9 Å². The highest BCUT2D eigenvalue weighted by Gasteiger charge is 2.38. The monoisotopic (exact) mass is 372 g/mol. The van der Waals surface area contributed by atoms with Crippen LogP contribution in [0.4, 0.5) is 0 Å². The molecule has 0 fully saturated rings. The van der Waals surface area contributed by atoms with Gasteiger partial charge in [0.1, 0.15) is 11.7 Å². The Bertz CT molecular complexity index is 786. The third-order valence-corrected chi connectivity index (χ3v) is 5.70. The third kappa shape index (κ3) is 2.29. The predicted octanol–water partition coefficient (Wildman–Crippen LogP) is 3.87. The Morgan fingerprint density at radius 2 is 1.77 bits per heavy atom. The van der Waals surface area contributed by atoms with E-state index in [1.54, 1.807) is 0 Å². The van der Waals surface area contributed by atoms with Gasteiger partial charge in [-0.2, -0.15) is 4.57 Å². The van der Waals surface area contributed by atoms with Gasteiger partial charge in [-0.3, -0.25) is 0 Å². The van der Waals surface area contributed by atoms with E-state index in [1.165, 1.54) is 5.16 Å². The lowest BCUT2D eigenvalue weighted by Crippen LogP contribution is -2.33. The zero-order chi connectivity index (χ0) is 14.9. The minimum Gasteiger partial charge on any atom is -0.184 e. The van der Waals surface area contributed by atoms with Crippen LogP contribution in [0.1, 0.15) is 6.04 Å². The van der Waals surface area contributed by atoms with Gasteiger partial charge in [0.25, 0.3) is 0 Å². The summed E-state index contributed by atoms with van der Waals surface area (Å²) >= 11 is 5.48. The van der Waals surface area contributed by atoms with E-state index in [0.29, 0.717) is 6.04 Å². The predicted molar refractivity (Wildman–Crippen MR) is 92.8 cm³/mol. The molecule has 0 radical (unpaired) electrons. The Morgan fingerprint density at radius 1 is 1.09 bits per heavy atom. The summed E-state index contributed by atoms with van der Waals surface area (Å²) in [6.07, 6.45) is 0. The summed E-state index contributed by atoms with van der Waals surface area (Å²) in [5.41, 5.74) is 2.30. The molecule has 1 aliphatic rings. The van der Waals surface area contributed by atoms with Gasteiger partial charge in [-0.1, -0.05) is 57.0 Å². The van der Waals surface area contributed by atoms with Gasteiger partial charge in [0, 0.05) is 16.2 Å². The van der Waals surface area contributed by atoms with Crippen LogP contribution in [0.3, 0.4) is 0 Å². The van der Waals surface area contributed by atoms with E-state index in [0.717, 1.165) is 28.2 Å². The molecule has 2 heterocycles. The van der Waals surface area contributed by atoms with Crippen LogP contribution >= 0.6 is 27.7 Å². The molecule has 4 rings (SSSR count). The average molecular weight is 373 g/mol. The molecule has 1 atom stereocenters. The zero-order valence-electron chi connectivity index (χ0n) is 11.9. The fourth-order valence-corrected chi connectivity index (χ4v) is 4.74. The molecule has 1 unspecified atom stereocenters. The van der Waals surface area contributed by atoms with E-state index in [2.05, 4.69) is 73.7 Å². The summed E-state index contributed by atoms with van der Waals surface area (Å²) in [6, 6.07) is 21.3. The molecule has 0 spiro atoms. The highest BCUT2D eigenvalue weighted by Crippen LogP contribution is 2.34. The quantitative estimate of drug-likeness (QED) is 0.514. The molecule has 0 amide bonds. The molecule has 22 heavy (non-hydrogen) atoms. The topological polar surface area (TPSA) is 21.7 Å². The lowest BCUT2D eigenvalue weighted by molar-refractivity contribution is -0.626. The van der Waals surface area contributed by atoms with Gasteiger partial charge in [0.2, 0.25) is 0 Å². The number of benzene rings is 2. The second kappa shape index (κ2) is 5.89. The number of aromatic nitrogens is 3. The standard InChI is InChI=1S/C17H15BrN3S/c18-11-15-12-22-17-20(14-9-5-2-6-10-14)16(19-21(15)17)13-7-3-1-4-8-13/h1-10,15H,11-12H2/q+1. The van der Waals surface area contributed by atoms with E-state index >= 15 is 0 Å². The number of nitrogens with zero attached hydrogens (tertiary/aromatic N) is 3. The zero-order valence-corrected chi connectivity index (χ0v) is 14.3. The van der Waals surface area contributed by atoms with Gasteiger partial charge in [-0.15, -0.1) is 0 Å². The SMILES string of the molecule is BrCC1CSc2n1nc(-c1ccccc1)[n+]2-c1ccccc1. The molecule has 3 aromatic rings. The third-order valence-electron chi connectivity index (χ3n) is 3.78. The van der Waals surface area contributed by atoms with Crippen molar-refractivity contribution in [3.63, 3.8) is 0 Å². The Morgan fingerprint density at radius 3 is 2.45 bits per heavy atom. The van der Waals surface area contributed by atoms with Gasteiger partial charge >= 0.3 is 11.0 Å². The van der Waals surface area contributed by atoms with Crippen molar-refractivity contribution in [2.45, 2.75) is 11.2 Å². The minimum atomic E-state index is 0.410. The first-order valence-corrected chi connectivity index (χ1v) is 9.33. The van der Waals surface area contributed by atoms with Gasteiger partial charge in [0.15, 0.2) is 0 Å². The summed E-state index contributed by atoms with van der Waals surface area (Å²) < 4.78 is 4.43. The first-order valence-electron chi connectivity index (χ1n) is 7.22. The summed E-state index contributed by atoms with van der Waals surface area (Å²) in [5.74, 6) is 2.06. The summed E-state index contributed by atoms with van der Waals surface area (Å²) in [4.78, 5) is 0. The van der Waals surface area contributed by atoms with Crippen molar-refractivity contribution in [2.75, 3.05) is 11.1 Å². The van der Waals surface area contributed by atoms with Crippen LogP contribution < -0.4 is 4.57 Å². The number of rotatable bonds is 3. The molecule has 0 aliphatic carbocycles. The van der Waals surface area contributed by atoms with Crippen LogP contribution in [0.25, 0.3) is 17.1 Å². The molecule has 110 valence electrons. The molecule has 1 aliphatic heterocycles. The average Bonchev–Trinajstić information content (AvgIpc) is 3.15. The number of alkyl halides is 1. The molecule has 0 saturated carbocycles. The number of hydrogen-bond acceptors (Lipinski definition) is 2. The number of hydrogen-bond donors (Lipinski definition) is 0. The number of halogens is 1. The first-order chi connectivity index (χ1) is 10.9. The number of fused-ring (bicyclic) bond motifs is 1. The van der Waals surface area contributed by atoms with Gasteiger partial charge in [-0.05, 0) is 36.0 Å². The van der Waals surface area contributed by atoms with Crippen molar-refractivity contribution in [1.29, 1.82) is 0 Å². The Hall–Kier alpha value is -1.59. The Balaban J connectivity index is 1.95. The van der Waals surface area contributed by atoms with E-state index in [-0.39, 0.29) is 0 Å². The molecule has 5 heteroatoms. The Labute approximate surface area is 142 Å². The second-order valence-corrected chi connectivity index (χ2v) is 6.84. The molecule has 2 aromatic carbocycles. The fourth-order valence-electron chi connectivity index (χ4n) is 2.69. The van der Waals surface area contributed by atoms with Crippen LogP contribution in [0.2, 0.25) is 0 Å². The maximum absolute atomic E-state index is 4.92. The van der Waals surface area contributed by atoms with Gasteiger partial charge in [0.05, 0.1) is 5.56 Å². The van der Waals surface area contributed by atoms with Gasteiger partial charge < -0.3 is 0 Å². The molecule has 0 bridgehead atoms. The van der Waals surface area contributed by atoms with Crippen LogP contribution in [0, 0.1) is 0 Å². The number of para-hydroxylation sites is 1. The summed E-state index contributed by atoms with van der Waals surface area (Å²) in [7, 11) is 0. The highest BCUT2D eigenvalue weighted by molar-refractivity contribution is 9.09. The largest absolute Gasteiger partial charge is 0.314 e. The molecular weight excluding hydrogens is 358 g/mol. The van der Waals surface area contributed by atoms with E-state index in [9.17, 15) is 0 Å². The fraction of sp³-hybridized carbons (Fsp3) is 0.176. The lowest BCUT2D eigenvalue weighted by Gasteiger charge is -2.02. The van der Waals surface area contributed by atoms with Crippen molar-refractivity contribution < 1.29 is 4.57 Å². The van der Waals surface area contributed by atoms with E-state index in [1.807, 2.05) is 23.9 Å². The van der Waals surface area contributed by atoms with Crippen molar-refractivity contribution in [2.24, 2.45) is 0 Å². The maximum Gasteiger partial charge on any atom is 0.314 e. The highest BCUT2D eigenvalue weighted by atomic mass is 79.9. The van der Waals surface area contributed by atoms with Crippen molar-refractivity contribution in [1.82, 2.24) is 9.78 Å². The van der Waals surface area contributed by atoms with Crippen LogP contribution in [0.15, 0.2) is 65.8 Å². The molecule has 0 saturated heterocycles. The smallest absolute Gasteiger partial charge is 0.184 e. The Kier molecular flexibility index (Phi) is 3.76. The maximum atomic E-state index is 4.92. The normalized spacial score (nSPS) is 16.7. The first kappa shape index (κ1) is 14.0. The van der Waals surface area contributed by atoms with Crippen LogP contribution in [-0.2, 0) is 0 Å². The summed E-state index contributed by atoms with van der Waals surface area (Å²) in [5, 5.41) is 7.05. The minimum absolute atomic E-state index is 0.410. The van der Waals surface area contributed by atoms with Crippen molar-refractivity contribution in [3.8, 4) is 17.1 Å². The number of thioether (sulfide) groups is 1. The van der Waals surface area contributed by atoms with E-state index < -0.39 is 0 Å². The van der Waals surface area contributed by atoms with Crippen LogP contribution in [0.5, 0.6) is 0 Å². The van der Waals surface area contributed by atoms with Crippen molar-refractivity contribution >= 4 is 27.7 Å². The molecular formula is C17H15BrN3S+. The summed E-state index contributed by atoms with van der Waals surface area (Å²) in [6.45, 7) is 0. The van der Waals surface area contributed by atoms with Gasteiger partial charge in [-0.25, -0.2) is 0 Å². The second-order valence-electron chi connectivity index (χ2n) is 5.21. The molecule has 3 nitrogen and oxygen atoms in total. The molecule has 1 aromatic heterocycles. The van der Waals surface area contributed by atoms with E-state index in [4.69, 9.17) is 5.10 Å².